The Morgan fingerprint density at radius 1 is 1.25 bits per heavy atom. The molecule has 2 aromatic rings. The predicted octanol–water partition coefficient (Wildman–Crippen LogP) is 3.82. The first-order valence-electron chi connectivity index (χ1n) is 7.69. The van der Waals surface area contributed by atoms with Gasteiger partial charge in [0.1, 0.15) is 5.75 Å². The Labute approximate surface area is 149 Å². The maximum atomic E-state index is 12.1. The lowest BCUT2D eigenvalue weighted by Gasteiger charge is -2.15. The molecule has 1 atom stereocenters. The van der Waals surface area contributed by atoms with Crippen molar-refractivity contribution >= 4 is 21.8 Å². The zero-order chi connectivity index (χ0) is 16.9. The van der Waals surface area contributed by atoms with E-state index in [1.165, 1.54) is 0 Å². The highest BCUT2D eigenvalue weighted by Gasteiger charge is 2.16. The molecule has 126 valence electrons. The van der Waals surface area contributed by atoms with Gasteiger partial charge in [-0.15, -0.1) is 0 Å². The van der Waals surface area contributed by atoms with E-state index in [1.807, 2.05) is 49.4 Å². The minimum atomic E-state index is -0.113. The number of halogens is 1. The van der Waals surface area contributed by atoms with Gasteiger partial charge in [-0.1, -0.05) is 28.1 Å². The second-order valence-corrected chi connectivity index (χ2v) is 6.37. The third-order valence-electron chi connectivity index (χ3n) is 3.67. The number of nitrogens with one attached hydrogen (secondary N) is 1. The standard InChI is InChI=1S/C18H18BrNO4/c1-12(13-5-6-16-17(9-13)24-11-23-16)20-18(21)7-8-22-15-4-2-3-14(19)10-15/h2-6,9-10,12H,7-8,11H2,1H3,(H,20,21). The van der Waals surface area contributed by atoms with Gasteiger partial charge in [-0.05, 0) is 42.8 Å². The molecule has 6 heteroatoms. The number of ether oxygens (including phenoxy) is 3. The summed E-state index contributed by atoms with van der Waals surface area (Å²) in [6.07, 6.45) is 0.293. The molecule has 3 rings (SSSR count). The Kier molecular flexibility index (Phi) is 5.25. The van der Waals surface area contributed by atoms with Gasteiger partial charge in [0.05, 0.1) is 19.1 Å². The summed E-state index contributed by atoms with van der Waals surface area (Å²) in [7, 11) is 0. The quantitative estimate of drug-likeness (QED) is 0.812. The van der Waals surface area contributed by atoms with Crippen molar-refractivity contribution < 1.29 is 19.0 Å². The fraction of sp³-hybridized carbons (Fsp3) is 0.278. The summed E-state index contributed by atoms with van der Waals surface area (Å²) < 4.78 is 17.2. The van der Waals surface area contributed by atoms with Crippen LogP contribution in [0.4, 0.5) is 0 Å². The summed E-state index contributed by atoms with van der Waals surface area (Å²) in [5.41, 5.74) is 0.973. The zero-order valence-corrected chi connectivity index (χ0v) is 14.8. The molecule has 24 heavy (non-hydrogen) atoms. The average molecular weight is 392 g/mol. The lowest BCUT2D eigenvalue weighted by molar-refractivity contribution is -0.122. The minimum absolute atomic E-state index is 0.0600. The molecule has 0 bridgehead atoms. The lowest BCUT2D eigenvalue weighted by atomic mass is 10.1. The van der Waals surface area contributed by atoms with E-state index in [0.717, 1.165) is 21.5 Å². The Morgan fingerprint density at radius 2 is 2.08 bits per heavy atom. The highest BCUT2D eigenvalue weighted by atomic mass is 79.9. The van der Waals surface area contributed by atoms with Crippen LogP contribution in [0.2, 0.25) is 0 Å². The SMILES string of the molecule is CC(NC(=O)CCOc1cccc(Br)c1)c1ccc2c(c1)OCO2. The van der Waals surface area contributed by atoms with E-state index >= 15 is 0 Å². The summed E-state index contributed by atoms with van der Waals surface area (Å²) in [5, 5.41) is 2.96. The summed E-state index contributed by atoms with van der Waals surface area (Å²) >= 11 is 3.38. The molecule has 1 aliphatic rings. The first-order valence-corrected chi connectivity index (χ1v) is 8.48. The highest BCUT2D eigenvalue weighted by Crippen LogP contribution is 2.34. The third-order valence-corrected chi connectivity index (χ3v) is 4.16. The highest BCUT2D eigenvalue weighted by molar-refractivity contribution is 9.10. The van der Waals surface area contributed by atoms with Gasteiger partial charge in [0, 0.05) is 4.47 Å². The van der Waals surface area contributed by atoms with Gasteiger partial charge in [-0.25, -0.2) is 0 Å². The summed E-state index contributed by atoms with van der Waals surface area (Å²) in [6.45, 7) is 2.51. The number of carbonyl (C=O) groups excluding carboxylic acids is 1. The first-order chi connectivity index (χ1) is 11.6. The van der Waals surface area contributed by atoms with Crippen molar-refractivity contribution in [3.63, 3.8) is 0 Å². The van der Waals surface area contributed by atoms with Crippen LogP contribution in [0.1, 0.15) is 24.9 Å². The van der Waals surface area contributed by atoms with Crippen LogP contribution in [-0.2, 0) is 4.79 Å². The van der Waals surface area contributed by atoms with Gasteiger partial charge in [0.2, 0.25) is 12.7 Å². The van der Waals surface area contributed by atoms with Crippen LogP contribution in [0.25, 0.3) is 0 Å². The third kappa shape index (κ3) is 4.20. The van der Waals surface area contributed by atoms with Gasteiger partial charge in [0.15, 0.2) is 11.5 Å². The first kappa shape index (κ1) is 16.6. The maximum absolute atomic E-state index is 12.1. The van der Waals surface area contributed by atoms with Crippen LogP contribution in [0.3, 0.4) is 0 Å². The largest absolute Gasteiger partial charge is 0.493 e. The molecule has 5 nitrogen and oxygen atoms in total. The van der Waals surface area contributed by atoms with E-state index in [2.05, 4.69) is 21.2 Å². The fourth-order valence-electron chi connectivity index (χ4n) is 2.40. The molecule has 1 unspecified atom stereocenters. The normalized spacial score (nSPS) is 13.4. The minimum Gasteiger partial charge on any atom is -0.493 e. The molecular weight excluding hydrogens is 374 g/mol. The predicted molar refractivity (Wildman–Crippen MR) is 93.4 cm³/mol. The van der Waals surface area contributed by atoms with Crippen molar-refractivity contribution in [2.24, 2.45) is 0 Å². The second-order valence-electron chi connectivity index (χ2n) is 5.46. The molecule has 1 aliphatic heterocycles. The smallest absolute Gasteiger partial charge is 0.231 e. The Hall–Kier alpha value is -2.21. The van der Waals surface area contributed by atoms with Crippen molar-refractivity contribution in [1.82, 2.24) is 5.32 Å². The molecule has 1 N–H and O–H groups in total. The van der Waals surface area contributed by atoms with E-state index in [4.69, 9.17) is 14.2 Å². The number of amides is 1. The van der Waals surface area contributed by atoms with Crippen molar-refractivity contribution in [2.45, 2.75) is 19.4 Å². The number of rotatable bonds is 6. The molecule has 2 aromatic carbocycles. The molecule has 1 heterocycles. The molecule has 1 amide bonds. The van der Waals surface area contributed by atoms with Gasteiger partial charge < -0.3 is 19.5 Å². The molecule has 0 aliphatic carbocycles. The van der Waals surface area contributed by atoms with E-state index in [1.54, 1.807) is 0 Å². The molecule has 0 saturated carbocycles. The van der Waals surface area contributed by atoms with E-state index in [0.29, 0.717) is 18.8 Å². The Morgan fingerprint density at radius 3 is 2.92 bits per heavy atom. The molecule has 0 radical (unpaired) electrons. The van der Waals surface area contributed by atoms with Crippen LogP contribution >= 0.6 is 15.9 Å². The van der Waals surface area contributed by atoms with E-state index in [9.17, 15) is 4.79 Å². The monoisotopic (exact) mass is 391 g/mol. The summed E-state index contributed by atoms with van der Waals surface area (Å²) in [4.78, 5) is 12.1. The average Bonchev–Trinajstić information content (AvgIpc) is 3.02. The van der Waals surface area contributed by atoms with Crippen LogP contribution in [0.5, 0.6) is 17.2 Å². The summed E-state index contributed by atoms with van der Waals surface area (Å²) in [6, 6.07) is 13.1. The Balaban J connectivity index is 1.47. The van der Waals surface area contributed by atoms with Crippen molar-refractivity contribution in [1.29, 1.82) is 0 Å². The van der Waals surface area contributed by atoms with Crippen LogP contribution < -0.4 is 19.5 Å². The van der Waals surface area contributed by atoms with Crippen molar-refractivity contribution in [3.8, 4) is 17.2 Å². The van der Waals surface area contributed by atoms with Gasteiger partial charge in [-0.3, -0.25) is 4.79 Å². The lowest BCUT2D eigenvalue weighted by Crippen LogP contribution is -2.27. The van der Waals surface area contributed by atoms with Crippen molar-refractivity contribution in [2.75, 3.05) is 13.4 Å². The Bertz CT molecular complexity index is 735. The summed E-state index contributed by atoms with van der Waals surface area (Å²) in [5.74, 6) is 2.13. The molecule has 0 fully saturated rings. The van der Waals surface area contributed by atoms with E-state index < -0.39 is 0 Å². The molecule has 0 aromatic heterocycles. The molecular formula is C18H18BrNO4. The van der Waals surface area contributed by atoms with Crippen LogP contribution in [0.15, 0.2) is 46.9 Å². The van der Waals surface area contributed by atoms with Crippen LogP contribution in [0, 0.1) is 0 Å². The van der Waals surface area contributed by atoms with Gasteiger partial charge >= 0.3 is 0 Å². The molecule has 0 saturated heterocycles. The molecule has 0 spiro atoms. The second kappa shape index (κ2) is 7.57. The van der Waals surface area contributed by atoms with E-state index in [-0.39, 0.29) is 18.7 Å². The number of hydrogen-bond donors (Lipinski definition) is 1. The number of hydrogen-bond acceptors (Lipinski definition) is 4. The van der Waals surface area contributed by atoms with Gasteiger partial charge in [0.25, 0.3) is 0 Å². The van der Waals surface area contributed by atoms with Crippen molar-refractivity contribution in [3.05, 3.63) is 52.5 Å². The van der Waals surface area contributed by atoms with Gasteiger partial charge in [-0.2, -0.15) is 0 Å². The van der Waals surface area contributed by atoms with Crippen LogP contribution in [-0.4, -0.2) is 19.3 Å². The number of fused-ring (bicyclic) bond motifs is 1. The number of carbonyl (C=O) groups is 1. The topological polar surface area (TPSA) is 56.8 Å². The zero-order valence-electron chi connectivity index (χ0n) is 13.3. The maximum Gasteiger partial charge on any atom is 0.231 e. The fourth-order valence-corrected chi connectivity index (χ4v) is 2.78. The number of benzene rings is 2.